The van der Waals surface area contributed by atoms with Gasteiger partial charge in [-0.2, -0.15) is 4.39 Å². The van der Waals surface area contributed by atoms with Gasteiger partial charge in [0.1, 0.15) is 0 Å². The number of hydrogen-bond donors (Lipinski definition) is 1. The summed E-state index contributed by atoms with van der Waals surface area (Å²) in [5, 5.41) is 3.29. The van der Waals surface area contributed by atoms with Crippen molar-refractivity contribution in [3.8, 4) is 11.1 Å². The number of benzene rings is 1. The van der Waals surface area contributed by atoms with E-state index in [-0.39, 0.29) is 11.8 Å². The molecule has 0 spiro atoms. The Morgan fingerprint density at radius 1 is 1.00 bits per heavy atom. The van der Waals surface area contributed by atoms with Gasteiger partial charge in [0.05, 0.1) is 5.92 Å². The van der Waals surface area contributed by atoms with E-state index in [1.807, 2.05) is 18.2 Å². The molecule has 1 amide bonds. The van der Waals surface area contributed by atoms with Crippen LogP contribution in [0.25, 0.3) is 11.1 Å². The number of carbonyl (C=O) groups excluding carboxylic acids is 1. The molecule has 1 atom stereocenters. The molecule has 0 bridgehead atoms. The first kappa shape index (κ1) is 18.9. The quantitative estimate of drug-likeness (QED) is 0.790. The summed E-state index contributed by atoms with van der Waals surface area (Å²) in [6, 6.07) is 11.8. The second-order valence-corrected chi connectivity index (χ2v) is 8.04. The summed E-state index contributed by atoms with van der Waals surface area (Å²) in [6.45, 7) is 1.73. The van der Waals surface area contributed by atoms with Gasteiger partial charge in [0, 0.05) is 37.1 Å². The van der Waals surface area contributed by atoms with Crippen LogP contribution in [0, 0.1) is 11.9 Å². The van der Waals surface area contributed by atoms with Gasteiger partial charge in [-0.05, 0) is 55.0 Å². The van der Waals surface area contributed by atoms with Crippen molar-refractivity contribution >= 4 is 11.6 Å². The summed E-state index contributed by atoms with van der Waals surface area (Å²) in [6.07, 6.45) is 9.48. The van der Waals surface area contributed by atoms with Crippen LogP contribution in [-0.4, -0.2) is 30.0 Å². The second-order valence-electron chi connectivity index (χ2n) is 8.04. The van der Waals surface area contributed by atoms with Crippen molar-refractivity contribution in [1.82, 2.24) is 10.3 Å². The maximum atomic E-state index is 13.4. The van der Waals surface area contributed by atoms with Crippen molar-refractivity contribution in [3.63, 3.8) is 0 Å². The Morgan fingerprint density at radius 3 is 2.54 bits per heavy atom. The topological polar surface area (TPSA) is 45.2 Å². The average molecular weight is 381 g/mol. The van der Waals surface area contributed by atoms with Gasteiger partial charge in [0.25, 0.3) is 0 Å². The fourth-order valence-corrected chi connectivity index (χ4v) is 4.44. The van der Waals surface area contributed by atoms with Crippen LogP contribution >= 0.6 is 0 Å². The Hall–Kier alpha value is -2.43. The number of carbonyl (C=O) groups is 1. The monoisotopic (exact) mass is 381 g/mol. The van der Waals surface area contributed by atoms with E-state index < -0.39 is 5.95 Å². The lowest BCUT2D eigenvalue weighted by Gasteiger charge is -2.35. The van der Waals surface area contributed by atoms with Crippen LogP contribution in [0.4, 0.5) is 10.1 Å². The van der Waals surface area contributed by atoms with Crippen LogP contribution in [0.1, 0.15) is 44.9 Å². The molecule has 1 saturated carbocycles. The molecule has 2 fully saturated rings. The van der Waals surface area contributed by atoms with Crippen molar-refractivity contribution in [2.24, 2.45) is 5.92 Å². The fourth-order valence-electron chi connectivity index (χ4n) is 4.44. The number of rotatable bonds is 4. The summed E-state index contributed by atoms with van der Waals surface area (Å²) in [5.74, 6) is -0.186. The Bertz CT molecular complexity index is 802. The first-order valence-corrected chi connectivity index (χ1v) is 10.5. The number of nitrogens with one attached hydrogen (secondary N) is 1. The summed E-state index contributed by atoms with van der Waals surface area (Å²) >= 11 is 0. The minimum atomic E-state index is -0.468. The van der Waals surface area contributed by atoms with Crippen molar-refractivity contribution in [2.45, 2.75) is 51.0 Å². The van der Waals surface area contributed by atoms with Gasteiger partial charge in [-0.1, -0.05) is 31.4 Å². The highest BCUT2D eigenvalue weighted by Crippen LogP contribution is 2.27. The molecule has 2 aromatic rings. The molecule has 4 nitrogen and oxygen atoms in total. The molecule has 2 aliphatic rings. The van der Waals surface area contributed by atoms with Gasteiger partial charge < -0.3 is 10.2 Å². The summed E-state index contributed by atoms with van der Waals surface area (Å²) < 4.78 is 13.4. The van der Waals surface area contributed by atoms with Gasteiger partial charge in [-0.25, -0.2) is 4.98 Å². The van der Waals surface area contributed by atoms with Crippen molar-refractivity contribution in [3.05, 3.63) is 48.5 Å². The predicted molar refractivity (Wildman–Crippen MR) is 110 cm³/mol. The standard InChI is InChI=1S/C23H28FN3O/c24-22-15-18(12-13-25-22)17-8-10-21(11-9-17)27-14-4-5-19(16-27)23(28)26-20-6-2-1-3-7-20/h8-13,15,19-20H,1-7,14,16H2,(H,26,28)/t19-/m0/s1. The largest absolute Gasteiger partial charge is 0.371 e. The molecule has 1 aromatic heterocycles. The summed E-state index contributed by atoms with van der Waals surface area (Å²) in [5.41, 5.74) is 2.91. The number of pyridine rings is 1. The number of aromatic nitrogens is 1. The number of nitrogens with zero attached hydrogens (tertiary/aromatic N) is 2. The van der Waals surface area contributed by atoms with Gasteiger partial charge in [-0.15, -0.1) is 0 Å². The normalized spacial score (nSPS) is 20.8. The molecule has 1 aliphatic carbocycles. The van der Waals surface area contributed by atoms with E-state index in [1.54, 1.807) is 0 Å². The summed E-state index contributed by atoms with van der Waals surface area (Å²) in [4.78, 5) is 18.6. The molecular formula is C23H28FN3O. The van der Waals surface area contributed by atoms with E-state index in [0.717, 1.165) is 55.6 Å². The van der Waals surface area contributed by atoms with E-state index in [2.05, 4.69) is 27.3 Å². The molecule has 0 unspecified atom stereocenters. The molecule has 1 aliphatic heterocycles. The lowest BCUT2D eigenvalue weighted by Crippen LogP contribution is -2.46. The van der Waals surface area contributed by atoms with E-state index in [0.29, 0.717) is 6.04 Å². The molecule has 0 radical (unpaired) electrons. The Labute approximate surface area is 166 Å². The minimum absolute atomic E-state index is 0.0599. The Morgan fingerprint density at radius 2 is 1.79 bits per heavy atom. The van der Waals surface area contributed by atoms with Crippen LogP contribution in [0.3, 0.4) is 0 Å². The highest BCUT2D eigenvalue weighted by Gasteiger charge is 2.27. The molecule has 4 rings (SSSR count). The summed E-state index contributed by atoms with van der Waals surface area (Å²) in [7, 11) is 0. The van der Waals surface area contributed by atoms with Gasteiger partial charge in [0.2, 0.25) is 11.9 Å². The lowest BCUT2D eigenvalue weighted by atomic mass is 9.92. The van der Waals surface area contributed by atoms with E-state index >= 15 is 0 Å². The van der Waals surface area contributed by atoms with Crippen LogP contribution in [0.2, 0.25) is 0 Å². The Balaban J connectivity index is 1.39. The van der Waals surface area contributed by atoms with Crippen LogP contribution in [0.15, 0.2) is 42.6 Å². The predicted octanol–water partition coefficient (Wildman–Crippen LogP) is 4.55. The molecule has 148 valence electrons. The number of anilines is 1. The zero-order chi connectivity index (χ0) is 19.3. The van der Waals surface area contributed by atoms with Gasteiger partial charge in [0.15, 0.2) is 0 Å². The molecule has 28 heavy (non-hydrogen) atoms. The number of hydrogen-bond acceptors (Lipinski definition) is 3. The molecular weight excluding hydrogens is 353 g/mol. The van der Waals surface area contributed by atoms with E-state index in [1.165, 1.54) is 31.5 Å². The minimum Gasteiger partial charge on any atom is -0.371 e. The van der Waals surface area contributed by atoms with E-state index in [4.69, 9.17) is 0 Å². The third-order valence-corrected chi connectivity index (χ3v) is 6.04. The third-order valence-electron chi connectivity index (χ3n) is 6.04. The fraction of sp³-hybridized carbons (Fsp3) is 0.478. The maximum Gasteiger partial charge on any atom is 0.225 e. The van der Waals surface area contributed by atoms with Gasteiger partial charge >= 0.3 is 0 Å². The lowest BCUT2D eigenvalue weighted by molar-refractivity contribution is -0.126. The third kappa shape index (κ3) is 4.51. The SMILES string of the molecule is O=C(NC1CCCCC1)[C@H]1CCCN(c2ccc(-c3ccnc(F)c3)cc2)C1. The first-order valence-electron chi connectivity index (χ1n) is 10.5. The molecule has 1 saturated heterocycles. The molecule has 1 N–H and O–H groups in total. The molecule has 5 heteroatoms. The average Bonchev–Trinajstić information content (AvgIpc) is 2.75. The zero-order valence-corrected chi connectivity index (χ0v) is 16.2. The Kier molecular flexibility index (Phi) is 5.89. The highest BCUT2D eigenvalue weighted by atomic mass is 19.1. The number of amides is 1. The van der Waals surface area contributed by atoms with E-state index in [9.17, 15) is 9.18 Å². The van der Waals surface area contributed by atoms with Gasteiger partial charge in [-0.3, -0.25) is 4.79 Å². The smallest absolute Gasteiger partial charge is 0.225 e. The maximum absolute atomic E-state index is 13.4. The number of halogens is 1. The second kappa shape index (κ2) is 8.72. The van der Waals surface area contributed by atoms with Crippen LogP contribution in [-0.2, 0) is 4.79 Å². The van der Waals surface area contributed by atoms with Crippen LogP contribution < -0.4 is 10.2 Å². The first-order chi connectivity index (χ1) is 13.7. The zero-order valence-electron chi connectivity index (χ0n) is 16.2. The molecule has 1 aromatic carbocycles. The molecule has 2 heterocycles. The van der Waals surface area contributed by atoms with Crippen LogP contribution in [0.5, 0.6) is 0 Å². The highest BCUT2D eigenvalue weighted by molar-refractivity contribution is 5.80. The van der Waals surface area contributed by atoms with Crippen molar-refractivity contribution < 1.29 is 9.18 Å². The number of piperidine rings is 1. The van der Waals surface area contributed by atoms with Crippen molar-refractivity contribution in [1.29, 1.82) is 0 Å². The van der Waals surface area contributed by atoms with Crippen molar-refractivity contribution in [2.75, 3.05) is 18.0 Å².